The highest BCUT2D eigenvalue weighted by Gasteiger charge is 2.09. The van der Waals surface area contributed by atoms with Gasteiger partial charge in [0.15, 0.2) is 5.82 Å². The van der Waals surface area contributed by atoms with Crippen LogP contribution in [0.1, 0.15) is 32.0 Å². The predicted octanol–water partition coefficient (Wildman–Crippen LogP) is 1.32. The number of aryl methyl sites for hydroxylation is 2. The number of rotatable bonds is 7. The molecule has 5 heteroatoms. The number of nitrogens with one attached hydrogen (secondary N) is 1. The van der Waals surface area contributed by atoms with Crippen LogP contribution in [0, 0.1) is 6.92 Å². The first-order valence-corrected chi connectivity index (χ1v) is 5.69. The molecule has 5 nitrogen and oxygen atoms in total. The molecular weight excluding hydrogens is 206 g/mol. The lowest BCUT2D eigenvalue weighted by Crippen LogP contribution is -2.37. The third-order valence-electron chi connectivity index (χ3n) is 2.68. The zero-order chi connectivity index (χ0) is 12.0. The Morgan fingerprint density at radius 2 is 2.19 bits per heavy atom. The molecule has 0 aliphatic heterocycles. The number of hydrogen-bond donors (Lipinski definition) is 1. The summed E-state index contributed by atoms with van der Waals surface area (Å²) in [7, 11) is 1.73. The van der Waals surface area contributed by atoms with Gasteiger partial charge in [0.2, 0.25) is 5.89 Å². The summed E-state index contributed by atoms with van der Waals surface area (Å²) < 4.78 is 10.3. The molecule has 0 amide bonds. The highest BCUT2D eigenvalue weighted by molar-refractivity contribution is 4.82. The van der Waals surface area contributed by atoms with Crippen molar-refractivity contribution in [2.24, 2.45) is 0 Å². The van der Waals surface area contributed by atoms with Gasteiger partial charge in [-0.1, -0.05) is 5.16 Å². The second kappa shape index (κ2) is 6.60. The van der Waals surface area contributed by atoms with E-state index in [0.29, 0.717) is 17.8 Å². The van der Waals surface area contributed by atoms with Gasteiger partial charge >= 0.3 is 0 Å². The van der Waals surface area contributed by atoms with Crippen molar-refractivity contribution in [1.29, 1.82) is 0 Å². The van der Waals surface area contributed by atoms with Crippen LogP contribution in [-0.4, -0.2) is 35.9 Å². The standard InChI is InChI=1S/C11H21N3O2/c1-8(9(2)15-4)12-7-5-6-11-13-10(3)14-16-11/h8-9,12H,5-7H2,1-4H3. The first kappa shape index (κ1) is 13.1. The summed E-state index contributed by atoms with van der Waals surface area (Å²) in [6.45, 7) is 6.92. The van der Waals surface area contributed by atoms with Crippen LogP contribution in [-0.2, 0) is 11.2 Å². The Kier molecular flexibility index (Phi) is 5.42. The second-order valence-corrected chi connectivity index (χ2v) is 4.02. The van der Waals surface area contributed by atoms with Crippen molar-refractivity contribution in [2.45, 2.75) is 45.8 Å². The van der Waals surface area contributed by atoms with Gasteiger partial charge in [-0.2, -0.15) is 4.98 Å². The average Bonchev–Trinajstić information content (AvgIpc) is 2.69. The third-order valence-corrected chi connectivity index (χ3v) is 2.68. The zero-order valence-electron chi connectivity index (χ0n) is 10.5. The first-order valence-electron chi connectivity index (χ1n) is 5.69. The van der Waals surface area contributed by atoms with E-state index in [1.165, 1.54) is 0 Å². The quantitative estimate of drug-likeness (QED) is 0.712. The lowest BCUT2D eigenvalue weighted by molar-refractivity contribution is 0.0887. The molecule has 0 saturated heterocycles. The Bertz CT molecular complexity index is 301. The Morgan fingerprint density at radius 3 is 2.75 bits per heavy atom. The van der Waals surface area contributed by atoms with Crippen LogP contribution in [0.4, 0.5) is 0 Å². The summed E-state index contributed by atoms with van der Waals surface area (Å²) in [5, 5.41) is 7.14. The molecule has 2 atom stereocenters. The molecule has 16 heavy (non-hydrogen) atoms. The highest BCUT2D eigenvalue weighted by atomic mass is 16.5. The summed E-state index contributed by atoms with van der Waals surface area (Å²) >= 11 is 0. The topological polar surface area (TPSA) is 60.2 Å². The molecule has 92 valence electrons. The lowest BCUT2D eigenvalue weighted by atomic mass is 10.2. The zero-order valence-corrected chi connectivity index (χ0v) is 10.5. The van der Waals surface area contributed by atoms with Crippen molar-refractivity contribution in [3.63, 3.8) is 0 Å². The third kappa shape index (κ3) is 4.28. The van der Waals surface area contributed by atoms with E-state index in [0.717, 1.165) is 19.4 Å². The summed E-state index contributed by atoms with van der Waals surface area (Å²) in [5.74, 6) is 1.41. The predicted molar refractivity (Wildman–Crippen MR) is 61.3 cm³/mol. The molecule has 1 aromatic rings. The number of ether oxygens (including phenoxy) is 1. The van der Waals surface area contributed by atoms with Crippen molar-refractivity contribution >= 4 is 0 Å². The monoisotopic (exact) mass is 227 g/mol. The van der Waals surface area contributed by atoms with Gasteiger partial charge in [-0.05, 0) is 33.7 Å². The van der Waals surface area contributed by atoms with E-state index >= 15 is 0 Å². The van der Waals surface area contributed by atoms with Crippen molar-refractivity contribution in [1.82, 2.24) is 15.5 Å². The van der Waals surface area contributed by atoms with E-state index in [2.05, 4.69) is 29.3 Å². The fourth-order valence-corrected chi connectivity index (χ4v) is 1.38. The molecule has 1 aromatic heterocycles. The fraction of sp³-hybridized carbons (Fsp3) is 0.818. The van der Waals surface area contributed by atoms with Crippen LogP contribution >= 0.6 is 0 Å². The summed E-state index contributed by atoms with van der Waals surface area (Å²) in [6, 6.07) is 0.356. The Balaban J connectivity index is 2.12. The van der Waals surface area contributed by atoms with Crippen LogP contribution in [0.25, 0.3) is 0 Å². The van der Waals surface area contributed by atoms with Gasteiger partial charge in [0.1, 0.15) is 0 Å². The molecule has 0 bridgehead atoms. The summed E-state index contributed by atoms with van der Waals surface area (Å²) in [6.07, 6.45) is 2.04. The molecule has 1 N–H and O–H groups in total. The molecule has 0 aliphatic rings. The molecule has 0 aromatic carbocycles. The first-order chi connectivity index (χ1) is 7.63. The smallest absolute Gasteiger partial charge is 0.226 e. The largest absolute Gasteiger partial charge is 0.380 e. The SMILES string of the molecule is COC(C)C(C)NCCCc1nc(C)no1. The number of methoxy groups -OCH3 is 1. The Labute approximate surface area is 96.6 Å². The molecule has 0 aliphatic carbocycles. The summed E-state index contributed by atoms with van der Waals surface area (Å²) in [5.41, 5.74) is 0. The van der Waals surface area contributed by atoms with Crippen molar-refractivity contribution in [3.8, 4) is 0 Å². The molecule has 0 radical (unpaired) electrons. The van der Waals surface area contributed by atoms with Gasteiger partial charge in [-0.25, -0.2) is 0 Å². The maximum atomic E-state index is 5.23. The minimum absolute atomic E-state index is 0.227. The Hall–Kier alpha value is -0.940. The van der Waals surface area contributed by atoms with E-state index in [1.54, 1.807) is 7.11 Å². The van der Waals surface area contributed by atoms with E-state index in [9.17, 15) is 0 Å². The molecule has 0 spiro atoms. The number of nitrogens with zero attached hydrogens (tertiary/aromatic N) is 2. The van der Waals surface area contributed by atoms with Crippen LogP contribution in [0.3, 0.4) is 0 Å². The maximum Gasteiger partial charge on any atom is 0.226 e. The van der Waals surface area contributed by atoms with Crippen molar-refractivity contribution in [2.75, 3.05) is 13.7 Å². The number of aromatic nitrogens is 2. The molecule has 2 unspecified atom stereocenters. The molecule has 0 saturated carbocycles. The normalized spacial score (nSPS) is 15.0. The average molecular weight is 227 g/mol. The maximum absolute atomic E-state index is 5.23. The summed E-state index contributed by atoms with van der Waals surface area (Å²) in [4.78, 5) is 4.15. The fourth-order valence-electron chi connectivity index (χ4n) is 1.38. The van der Waals surface area contributed by atoms with E-state index in [-0.39, 0.29) is 6.10 Å². The Morgan fingerprint density at radius 1 is 1.44 bits per heavy atom. The van der Waals surface area contributed by atoms with Crippen LogP contribution in [0.15, 0.2) is 4.52 Å². The van der Waals surface area contributed by atoms with Crippen LogP contribution in [0.5, 0.6) is 0 Å². The lowest BCUT2D eigenvalue weighted by Gasteiger charge is -2.19. The van der Waals surface area contributed by atoms with Crippen LogP contribution in [0.2, 0.25) is 0 Å². The van der Waals surface area contributed by atoms with Crippen molar-refractivity contribution in [3.05, 3.63) is 11.7 Å². The van der Waals surface area contributed by atoms with E-state index < -0.39 is 0 Å². The second-order valence-electron chi connectivity index (χ2n) is 4.02. The van der Waals surface area contributed by atoms with Gasteiger partial charge in [0, 0.05) is 19.6 Å². The van der Waals surface area contributed by atoms with E-state index in [4.69, 9.17) is 9.26 Å². The van der Waals surface area contributed by atoms with Crippen molar-refractivity contribution < 1.29 is 9.26 Å². The molecule has 0 fully saturated rings. The van der Waals surface area contributed by atoms with Gasteiger partial charge in [-0.15, -0.1) is 0 Å². The van der Waals surface area contributed by atoms with E-state index in [1.807, 2.05) is 6.92 Å². The number of hydrogen-bond acceptors (Lipinski definition) is 5. The van der Waals surface area contributed by atoms with Gasteiger partial charge in [0.05, 0.1) is 6.10 Å². The minimum atomic E-state index is 0.227. The molecule has 1 rings (SSSR count). The minimum Gasteiger partial charge on any atom is -0.380 e. The highest BCUT2D eigenvalue weighted by Crippen LogP contribution is 2.00. The van der Waals surface area contributed by atoms with Gasteiger partial charge in [0.25, 0.3) is 0 Å². The molecule has 1 heterocycles. The van der Waals surface area contributed by atoms with Crippen LogP contribution < -0.4 is 5.32 Å². The van der Waals surface area contributed by atoms with Gasteiger partial charge < -0.3 is 14.6 Å². The molecular formula is C11H21N3O2. The van der Waals surface area contributed by atoms with Gasteiger partial charge in [-0.3, -0.25) is 0 Å².